The number of fused-ring (bicyclic) bond motifs is 2. The first-order valence-electron chi connectivity index (χ1n) is 20.7. The van der Waals surface area contributed by atoms with Crippen LogP contribution in [-0.2, 0) is 50.4 Å². The third-order valence-electron chi connectivity index (χ3n) is 11.4. The molecule has 0 aliphatic carbocycles. The lowest BCUT2D eigenvalue weighted by atomic mass is 9.96. The fourth-order valence-electron chi connectivity index (χ4n) is 8.11. The molecule has 0 aromatic heterocycles. The minimum atomic E-state index is -3.97. The number of aliphatic hydroxyl groups is 1. The highest BCUT2D eigenvalue weighted by molar-refractivity contribution is 7.89. The van der Waals surface area contributed by atoms with Crippen LogP contribution in [0, 0.1) is 6.92 Å². The molecule has 0 saturated carbocycles. The molecule has 0 radical (unpaired) electrons. The number of aliphatic hydroxyl groups excluding tert-OH is 1. The van der Waals surface area contributed by atoms with Gasteiger partial charge in [-0.25, -0.2) is 8.42 Å². The van der Waals surface area contributed by atoms with Crippen molar-refractivity contribution in [2.45, 2.75) is 68.9 Å². The van der Waals surface area contributed by atoms with Gasteiger partial charge in [-0.2, -0.15) is 4.72 Å². The number of rotatable bonds is 15. The first kappa shape index (κ1) is 42.0. The molecule has 4 atom stereocenters. The number of hydrogen-bond donors (Lipinski definition) is 3. The number of nitrogens with one attached hydrogen (secondary N) is 2. The standard InChI is InChI=1S/C51H51N3O6S/c1-35-16-26-44(27-17-35)61(57,58)53-48(28-36-10-4-3-5-11-36)50(56)52-31-37-18-24-40(25-19-37)51-59-43(30-49(60-51)39-22-20-38(34-55)21-23-39)32-54(2)33-47-45-14-8-6-12-41(45)29-42-13-7-9-15-46(42)47/h3-27,29,43,48-49,51,53,55H,28,30-34H2,1-2H3,(H,52,56). The Bertz CT molecular complexity index is 2640. The third-order valence-corrected chi connectivity index (χ3v) is 12.9. The minimum absolute atomic E-state index is 0.0304. The molecule has 312 valence electrons. The van der Waals surface area contributed by atoms with Gasteiger partial charge in [-0.3, -0.25) is 9.69 Å². The second-order valence-corrected chi connectivity index (χ2v) is 17.7. The maximum absolute atomic E-state index is 13.7. The number of ether oxygens (including phenoxy) is 2. The van der Waals surface area contributed by atoms with Gasteiger partial charge >= 0.3 is 0 Å². The highest BCUT2D eigenvalue weighted by Gasteiger charge is 2.33. The fraction of sp³-hybridized carbons (Fsp3) is 0.235. The lowest BCUT2D eigenvalue weighted by Gasteiger charge is -2.38. The molecule has 7 aromatic carbocycles. The predicted molar refractivity (Wildman–Crippen MR) is 240 cm³/mol. The van der Waals surface area contributed by atoms with E-state index in [1.54, 1.807) is 24.3 Å². The second kappa shape index (κ2) is 18.9. The van der Waals surface area contributed by atoms with Crippen LogP contribution in [0.1, 0.15) is 57.8 Å². The van der Waals surface area contributed by atoms with Gasteiger partial charge in [0.15, 0.2) is 6.29 Å². The first-order valence-corrected chi connectivity index (χ1v) is 22.2. The summed E-state index contributed by atoms with van der Waals surface area (Å²) in [4.78, 5) is 16.1. The van der Waals surface area contributed by atoms with Crippen molar-refractivity contribution in [3.8, 4) is 0 Å². The normalized spacial score (nSPS) is 17.4. The summed E-state index contributed by atoms with van der Waals surface area (Å²) in [7, 11) is -1.83. The van der Waals surface area contributed by atoms with Crippen LogP contribution in [0.3, 0.4) is 0 Å². The zero-order valence-electron chi connectivity index (χ0n) is 34.4. The van der Waals surface area contributed by atoms with Crippen molar-refractivity contribution in [1.29, 1.82) is 0 Å². The molecular formula is C51H51N3O6S. The molecule has 1 aliphatic rings. The van der Waals surface area contributed by atoms with Gasteiger partial charge in [0, 0.05) is 31.6 Å². The molecule has 1 heterocycles. The van der Waals surface area contributed by atoms with Gasteiger partial charge in [-0.15, -0.1) is 0 Å². The Labute approximate surface area is 358 Å². The van der Waals surface area contributed by atoms with E-state index in [2.05, 4.69) is 76.6 Å². The number of amides is 1. The smallest absolute Gasteiger partial charge is 0.241 e. The molecule has 4 unspecified atom stereocenters. The van der Waals surface area contributed by atoms with Crippen LogP contribution in [0.2, 0.25) is 0 Å². The summed E-state index contributed by atoms with van der Waals surface area (Å²) >= 11 is 0. The second-order valence-electron chi connectivity index (χ2n) is 16.0. The van der Waals surface area contributed by atoms with E-state index in [-0.39, 0.29) is 36.7 Å². The number of likely N-dealkylation sites (N-methyl/N-ethyl adjacent to an activating group) is 1. The Morgan fingerprint density at radius 3 is 2.00 bits per heavy atom. The largest absolute Gasteiger partial charge is 0.392 e. The Morgan fingerprint density at radius 2 is 1.34 bits per heavy atom. The van der Waals surface area contributed by atoms with Crippen molar-refractivity contribution in [2.75, 3.05) is 13.6 Å². The van der Waals surface area contributed by atoms with Gasteiger partial charge in [-0.1, -0.05) is 145 Å². The molecule has 1 fully saturated rings. The summed E-state index contributed by atoms with van der Waals surface area (Å²) in [5.74, 6) is -0.430. The van der Waals surface area contributed by atoms with Crippen LogP contribution in [0.5, 0.6) is 0 Å². The molecule has 10 heteroatoms. The zero-order valence-corrected chi connectivity index (χ0v) is 35.2. The summed E-state index contributed by atoms with van der Waals surface area (Å²) in [6.45, 7) is 3.46. The minimum Gasteiger partial charge on any atom is -0.392 e. The summed E-state index contributed by atoms with van der Waals surface area (Å²) in [6, 6.07) is 49.9. The van der Waals surface area contributed by atoms with Gasteiger partial charge in [-0.05, 0) is 88.0 Å². The van der Waals surface area contributed by atoms with Gasteiger partial charge in [0.1, 0.15) is 6.04 Å². The molecule has 1 amide bonds. The average molecular weight is 834 g/mol. The molecule has 61 heavy (non-hydrogen) atoms. The van der Waals surface area contributed by atoms with Crippen molar-refractivity contribution >= 4 is 37.5 Å². The Balaban J connectivity index is 0.974. The average Bonchev–Trinajstić information content (AvgIpc) is 3.28. The van der Waals surface area contributed by atoms with Crippen LogP contribution in [-0.4, -0.2) is 50.1 Å². The van der Waals surface area contributed by atoms with Crippen molar-refractivity contribution < 1.29 is 27.8 Å². The van der Waals surface area contributed by atoms with Crippen LogP contribution in [0.25, 0.3) is 21.5 Å². The Kier molecular flexibility index (Phi) is 13.0. The molecule has 7 aromatic rings. The number of hydrogen-bond acceptors (Lipinski definition) is 7. The quantitative estimate of drug-likeness (QED) is 0.0886. The number of carbonyl (C=O) groups excluding carboxylic acids is 1. The van der Waals surface area contributed by atoms with E-state index in [9.17, 15) is 18.3 Å². The SMILES string of the molecule is Cc1ccc(S(=O)(=O)NC(Cc2ccccc2)C(=O)NCc2ccc(C3OC(CN(C)Cc4c5ccccc5cc5ccccc45)CC(c4ccc(CO)cc4)O3)cc2)cc1. The van der Waals surface area contributed by atoms with Crippen LogP contribution in [0.15, 0.2) is 163 Å². The molecular weight excluding hydrogens is 783 g/mol. The first-order chi connectivity index (χ1) is 29.6. The van der Waals surface area contributed by atoms with E-state index >= 15 is 0 Å². The molecule has 8 rings (SSSR count). The molecule has 0 bridgehead atoms. The molecule has 1 saturated heterocycles. The van der Waals surface area contributed by atoms with E-state index in [4.69, 9.17) is 9.47 Å². The van der Waals surface area contributed by atoms with Gasteiger partial charge < -0.3 is 19.9 Å². The fourth-order valence-corrected chi connectivity index (χ4v) is 9.30. The third kappa shape index (κ3) is 10.3. The van der Waals surface area contributed by atoms with Crippen molar-refractivity contribution in [2.24, 2.45) is 0 Å². The lowest BCUT2D eigenvalue weighted by Crippen LogP contribution is -2.47. The molecule has 9 nitrogen and oxygen atoms in total. The number of aryl methyl sites for hydroxylation is 1. The van der Waals surface area contributed by atoms with Crippen molar-refractivity contribution in [3.63, 3.8) is 0 Å². The topological polar surface area (TPSA) is 117 Å². The Hall–Kier alpha value is -5.72. The van der Waals surface area contributed by atoms with Crippen LogP contribution in [0.4, 0.5) is 0 Å². The van der Waals surface area contributed by atoms with E-state index in [0.717, 1.165) is 39.9 Å². The zero-order chi connectivity index (χ0) is 42.3. The van der Waals surface area contributed by atoms with Gasteiger partial charge in [0.05, 0.1) is 23.7 Å². The maximum Gasteiger partial charge on any atom is 0.241 e. The van der Waals surface area contributed by atoms with E-state index < -0.39 is 28.3 Å². The Morgan fingerprint density at radius 1 is 0.738 bits per heavy atom. The lowest BCUT2D eigenvalue weighted by molar-refractivity contribution is -0.252. The van der Waals surface area contributed by atoms with E-state index in [1.165, 1.54) is 27.1 Å². The molecule has 3 N–H and O–H groups in total. The monoisotopic (exact) mass is 833 g/mol. The number of benzene rings is 7. The van der Waals surface area contributed by atoms with Gasteiger partial charge in [0.2, 0.25) is 15.9 Å². The highest BCUT2D eigenvalue weighted by atomic mass is 32.2. The van der Waals surface area contributed by atoms with Crippen molar-refractivity contribution in [3.05, 3.63) is 197 Å². The number of nitrogens with zero attached hydrogens (tertiary/aromatic N) is 1. The van der Waals surface area contributed by atoms with Crippen LogP contribution >= 0.6 is 0 Å². The number of sulfonamides is 1. The number of carbonyl (C=O) groups is 1. The summed E-state index contributed by atoms with van der Waals surface area (Å²) < 4.78 is 42.8. The summed E-state index contributed by atoms with van der Waals surface area (Å²) in [5.41, 5.74) is 6.58. The maximum atomic E-state index is 13.7. The molecule has 0 spiro atoms. The van der Waals surface area contributed by atoms with Crippen LogP contribution < -0.4 is 10.0 Å². The highest BCUT2D eigenvalue weighted by Crippen LogP contribution is 2.39. The van der Waals surface area contributed by atoms with Gasteiger partial charge in [0.25, 0.3) is 0 Å². The van der Waals surface area contributed by atoms with E-state index in [0.29, 0.717) is 13.0 Å². The molecule has 1 aliphatic heterocycles. The summed E-state index contributed by atoms with van der Waals surface area (Å²) in [5, 5.41) is 17.6. The predicted octanol–water partition coefficient (Wildman–Crippen LogP) is 8.68. The van der Waals surface area contributed by atoms with E-state index in [1.807, 2.05) is 85.8 Å². The summed E-state index contributed by atoms with van der Waals surface area (Å²) in [6.07, 6.45) is -0.212. The van der Waals surface area contributed by atoms with Crippen molar-refractivity contribution in [1.82, 2.24) is 14.9 Å².